The summed E-state index contributed by atoms with van der Waals surface area (Å²) in [5, 5.41) is 0. The third-order valence-corrected chi connectivity index (χ3v) is 7.33. The molecule has 1 atom stereocenters. The van der Waals surface area contributed by atoms with E-state index in [1.165, 1.54) is 0 Å². The van der Waals surface area contributed by atoms with Gasteiger partial charge in [-0.05, 0) is 102 Å². The molecule has 0 N–H and O–H groups in total. The van der Waals surface area contributed by atoms with Crippen LogP contribution in [0, 0.1) is 5.92 Å². The summed E-state index contributed by atoms with van der Waals surface area (Å²) in [5.41, 5.74) is -2.54. The standard InChI is InChI=1S/C37H70N4O8/c1-28(2)15-16-29(33(45)49-37(12,13)14)41-23-21-39(26-31(43)47-35(6,7)8)19-17-38(25-30(42)46-34(3,4)5)18-20-40(22-24-41)27-32(44)48-36(9,10)11/h28-29H,15-27H2,1-14H3/t29-/m0/s1. The average Bonchev–Trinajstić information content (AvgIpc) is 2.85. The van der Waals surface area contributed by atoms with Crippen molar-refractivity contribution in [1.29, 1.82) is 0 Å². The lowest BCUT2D eigenvalue weighted by Gasteiger charge is -2.37. The Bertz CT molecular complexity index is 1010. The van der Waals surface area contributed by atoms with Gasteiger partial charge in [0.05, 0.1) is 19.6 Å². The van der Waals surface area contributed by atoms with Crippen molar-refractivity contribution in [2.75, 3.05) is 72.0 Å². The molecule has 1 heterocycles. The van der Waals surface area contributed by atoms with Gasteiger partial charge in [0.25, 0.3) is 0 Å². The fourth-order valence-corrected chi connectivity index (χ4v) is 5.32. The minimum Gasteiger partial charge on any atom is -0.459 e. The SMILES string of the molecule is CC(C)CC[C@@H](C(=O)OC(C)(C)C)N1CCN(CC(=O)OC(C)(C)C)CCN(CC(=O)OC(C)(C)C)CCN(CC(=O)OC(C)(C)C)CC1. The molecular formula is C37H70N4O8. The monoisotopic (exact) mass is 699 g/mol. The molecule has 12 nitrogen and oxygen atoms in total. The Morgan fingerprint density at radius 3 is 1.02 bits per heavy atom. The maximum Gasteiger partial charge on any atom is 0.323 e. The highest BCUT2D eigenvalue weighted by molar-refractivity contribution is 5.76. The molecule has 0 unspecified atom stereocenters. The molecule has 0 spiro atoms. The zero-order valence-corrected chi connectivity index (χ0v) is 33.4. The fourth-order valence-electron chi connectivity index (χ4n) is 5.32. The maximum atomic E-state index is 13.7. The van der Waals surface area contributed by atoms with E-state index in [1.807, 2.05) is 97.8 Å². The normalized spacial score (nSPS) is 18.3. The number of nitrogens with zero attached hydrogens (tertiary/aromatic N) is 4. The molecule has 1 rings (SSSR count). The number of esters is 4. The van der Waals surface area contributed by atoms with Gasteiger partial charge in [-0.1, -0.05) is 13.8 Å². The summed E-state index contributed by atoms with van der Waals surface area (Å²) < 4.78 is 22.9. The van der Waals surface area contributed by atoms with Crippen molar-refractivity contribution >= 4 is 23.9 Å². The zero-order chi connectivity index (χ0) is 37.8. The number of rotatable bonds is 11. The van der Waals surface area contributed by atoms with Crippen LogP contribution in [0.25, 0.3) is 0 Å². The van der Waals surface area contributed by atoms with Gasteiger partial charge in [0, 0.05) is 52.4 Å². The first-order valence-electron chi connectivity index (χ1n) is 18.0. The lowest BCUT2D eigenvalue weighted by Crippen LogP contribution is -2.53. The fraction of sp³-hybridized carbons (Fsp3) is 0.892. The minimum atomic E-state index is -0.650. The van der Waals surface area contributed by atoms with Gasteiger partial charge in [-0.2, -0.15) is 0 Å². The van der Waals surface area contributed by atoms with Crippen LogP contribution in [0.15, 0.2) is 0 Å². The van der Waals surface area contributed by atoms with Crippen LogP contribution in [0.4, 0.5) is 0 Å². The molecule has 1 aliphatic heterocycles. The summed E-state index contributed by atoms with van der Waals surface area (Å²) in [6, 6.07) is -0.500. The molecule has 0 aliphatic carbocycles. The largest absolute Gasteiger partial charge is 0.459 e. The molecule has 0 aromatic heterocycles. The summed E-state index contributed by atoms with van der Waals surface area (Å²) in [6.45, 7) is 30.5. The Kier molecular flexibility index (Phi) is 17.7. The number of hydrogen-bond donors (Lipinski definition) is 0. The van der Waals surface area contributed by atoms with Gasteiger partial charge in [0.1, 0.15) is 28.4 Å². The lowest BCUT2D eigenvalue weighted by molar-refractivity contribution is -0.163. The smallest absolute Gasteiger partial charge is 0.323 e. The Hall–Kier alpha value is -2.28. The van der Waals surface area contributed by atoms with Crippen molar-refractivity contribution in [3.8, 4) is 0 Å². The third kappa shape index (κ3) is 22.2. The van der Waals surface area contributed by atoms with Crippen LogP contribution >= 0.6 is 0 Å². The number of ether oxygens (including phenoxy) is 4. The number of hydrogen-bond acceptors (Lipinski definition) is 12. The molecule has 1 saturated heterocycles. The van der Waals surface area contributed by atoms with E-state index in [9.17, 15) is 19.2 Å². The zero-order valence-electron chi connectivity index (χ0n) is 33.4. The molecular weight excluding hydrogens is 628 g/mol. The Morgan fingerprint density at radius 1 is 0.469 bits per heavy atom. The second-order valence-electron chi connectivity index (χ2n) is 17.6. The first-order chi connectivity index (χ1) is 22.2. The van der Waals surface area contributed by atoms with Crippen molar-refractivity contribution in [2.24, 2.45) is 5.92 Å². The van der Waals surface area contributed by atoms with Crippen molar-refractivity contribution < 1.29 is 38.1 Å². The third-order valence-electron chi connectivity index (χ3n) is 7.33. The topological polar surface area (TPSA) is 118 Å². The van der Waals surface area contributed by atoms with E-state index in [1.54, 1.807) is 0 Å². The van der Waals surface area contributed by atoms with E-state index >= 15 is 0 Å². The highest BCUT2D eigenvalue weighted by Crippen LogP contribution is 2.19. The summed E-state index contributed by atoms with van der Waals surface area (Å²) in [6.07, 6.45) is 1.46. The summed E-state index contributed by atoms with van der Waals surface area (Å²) >= 11 is 0. The van der Waals surface area contributed by atoms with Crippen LogP contribution in [-0.2, 0) is 38.1 Å². The molecule has 0 aromatic carbocycles. The van der Waals surface area contributed by atoms with Gasteiger partial charge in [-0.15, -0.1) is 0 Å². The van der Waals surface area contributed by atoms with Crippen LogP contribution in [0.2, 0.25) is 0 Å². The summed E-state index contributed by atoms with van der Waals surface area (Å²) in [5.74, 6) is -0.899. The van der Waals surface area contributed by atoms with Gasteiger partial charge < -0.3 is 18.9 Å². The maximum absolute atomic E-state index is 13.7. The lowest BCUT2D eigenvalue weighted by atomic mass is 10.0. The van der Waals surface area contributed by atoms with Crippen LogP contribution in [0.1, 0.15) is 110 Å². The molecule has 49 heavy (non-hydrogen) atoms. The van der Waals surface area contributed by atoms with E-state index in [2.05, 4.69) is 18.7 Å². The van der Waals surface area contributed by atoms with Gasteiger partial charge in [0.15, 0.2) is 0 Å². The molecule has 0 aromatic rings. The highest BCUT2D eigenvalue weighted by atomic mass is 16.6. The number of carbonyl (C=O) groups excluding carboxylic acids is 4. The van der Waals surface area contributed by atoms with Crippen molar-refractivity contribution in [3.05, 3.63) is 0 Å². The first-order valence-corrected chi connectivity index (χ1v) is 18.0. The van der Waals surface area contributed by atoms with E-state index in [0.717, 1.165) is 6.42 Å². The van der Waals surface area contributed by atoms with Gasteiger partial charge >= 0.3 is 23.9 Å². The molecule has 0 radical (unpaired) electrons. The summed E-state index contributed by atoms with van der Waals surface area (Å²) in [7, 11) is 0. The Balaban J connectivity index is 3.50. The molecule has 1 fully saturated rings. The van der Waals surface area contributed by atoms with Crippen LogP contribution in [0.3, 0.4) is 0 Å². The van der Waals surface area contributed by atoms with Crippen LogP contribution in [0.5, 0.6) is 0 Å². The van der Waals surface area contributed by atoms with Crippen LogP contribution in [-0.4, -0.2) is 144 Å². The predicted molar refractivity (Wildman–Crippen MR) is 192 cm³/mol. The first kappa shape index (κ1) is 44.7. The quantitative estimate of drug-likeness (QED) is 0.225. The second-order valence-corrected chi connectivity index (χ2v) is 17.6. The van der Waals surface area contributed by atoms with E-state index in [0.29, 0.717) is 64.7 Å². The van der Waals surface area contributed by atoms with Crippen LogP contribution < -0.4 is 0 Å². The van der Waals surface area contributed by atoms with E-state index < -0.39 is 28.4 Å². The minimum absolute atomic E-state index is 0.0687. The molecule has 0 bridgehead atoms. The van der Waals surface area contributed by atoms with Crippen molar-refractivity contribution in [2.45, 2.75) is 138 Å². The van der Waals surface area contributed by atoms with Crippen molar-refractivity contribution in [1.82, 2.24) is 19.6 Å². The predicted octanol–water partition coefficient (Wildman–Crippen LogP) is 4.38. The molecule has 0 saturated carbocycles. The molecule has 1 aliphatic rings. The van der Waals surface area contributed by atoms with E-state index in [-0.39, 0.29) is 43.5 Å². The average molecular weight is 699 g/mol. The number of carbonyl (C=O) groups is 4. The Morgan fingerprint density at radius 2 is 0.755 bits per heavy atom. The molecule has 286 valence electrons. The second kappa shape index (κ2) is 19.4. The summed E-state index contributed by atoms with van der Waals surface area (Å²) in [4.78, 5) is 60.9. The molecule has 12 heteroatoms. The van der Waals surface area contributed by atoms with Gasteiger partial charge in [-0.3, -0.25) is 38.8 Å². The highest BCUT2D eigenvalue weighted by Gasteiger charge is 2.32. The molecule has 0 amide bonds. The van der Waals surface area contributed by atoms with Crippen molar-refractivity contribution in [3.63, 3.8) is 0 Å². The van der Waals surface area contributed by atoms with Gasteiger partial charge in [0.2, 0.25) is 0 Å². The van der Waals surface area contributed by atoms with Gasteiger partial charge in [-0.25, -0.2) is 0 Å². The Labute approximate surface area is 297 Å². The van der Waals surface area contributed by atoms with E-state index in [4.69, 9.17) is 18.9 Å².